The smallest absolute Gasteiger partial charge is 0.341 e. The molecule has 3 aromatic rings. The van der Waals surface area contributed by atoms with Gasteiger partial charge in [-0.05, 0) is 18.2 Å². The standard InChI is InChI=1S/C16H13N3O5S/c1-23-13-7-9(3-5-11(13)15(20)24-2)17-16-18-12-6-4-10(19(21)22)8-14(12)25-16/h3-8H,1-2H3,(H,17,18). The van der Waals surface area contributed by atoms with E-state index in [1.165, 1.54) is 37.7 Å². The Morgan fingerprint density at radius 1 is 1.24 bits per heavy atom. The molecule has 1 N–H and O–H groups in total. The minimum atomic E-state index is -0.490. The number of nitro groups is 1. The van der Waals surface area contributed by atoms with Crippen LogP contribution in [0.3, 0.4) is 0 Å². The third kappa shape index (κ3) is 3.36. The fourth-order valence-corrected chi connectivity index (χ4v) is 3.17. The number of aromatic nitrogens is 1. The number of rotatable bonds is 5. The van der Waals surface area contributed by atoms with Crippen molar-refractivity contribution in [3.8, 4) is 5.75 Å². The first-order valence-corrected chi connectivity index (χ1v) is 7.92. The highest BCUT2D eigenvalue weighted by Gasteiger charge is 2.14. The van der Waals surface area contributed by atoms with Gasteiger partial charge in [0.25, 0.3) is 5.69 Å². The lowest BCUT2D eigenvalue weighted by Gasteiger charge is -2.09. The Morgan fingerprint density at radius 3 is 2.72 bits per heavy atom. The monoisotopic (exact) mass is 359 g/mol. The normalized spacial score (nSPS) is 10.5. The van der Waals surface area contributed by atoms with E-state index in [1.54, 1.807) is 24.3 Å². The van der Waals surface area contributed by atoms with E-state index in [4.69, 9.17) is 9.47 Å². The molecule has 0 aliphatic carbocycles. The molecule has 0 aliphatic rings. The Kier molecular flexibility index (Phi) is 4.48. The number of nitrogens with zero attached hydrogens (tertiary/aromatic N) is 2. The van der Waals surface area contributed by atoms with E-state index >= 15 is 0 Å². The van der Waals surface area contributed by atoms with Crippen LogP contribution in [0.5, 0.6) is 5.75 Å². The highest BCUT2D eigenvalue weighted by atomic mass is 32.1. The molecule has 1 aromatic heterocycles. The van der Waals surface area contributed by atoms with E-state index < -0.39 is 10.9 Å². The molecule has 0 aliphatic heterocycles. The summed E-state index contributed by atoms with van der Waals surface area (Å²) in [5.41, 5.74) is 1.66. The number of nitro benzene ring substituents is 1. The molecule has 0 radical (unpaired) electrons. The number of anilines is 2. The van der Waals surface area contributed by atoms with Crippen molar-refractivity contribution in [3.05, 3.63) is 52.1 Å². The summed E-state index contributed by atoms with van der Waals surface area (Å²) in [5, 5.41) is 14.5. The molecule has 0 amide bonds. The van der Waals surface area contributed by atoms with Crippen LogP contribution in [-0.2, 0) is 4.74 Å². The molecule has 0 saturated carbocycles. The van der Waals surface area contributed by atoms with Crippen molar-refractivity contribution >= 4 is 44.0 Å². The zero-order chi connectivity index (χ0) is 18.0. The minimum Gasteiger partial charge on any atom is -0.496 e. The van der Waals surface area contributed by atoms with Gasteiger partial charge in [-0.3, -0.25) is 10.1 Å². The van der Waals surface area contributed by atoms with Gasteiger partial charge < -0.3 is 14.8 Å². The number of nitrogens with one attached hydrogen (secondary N) is 1. The van der Waals surface area contributed by atoms with Crippen LogP contribution in [0.2, 0.25) is 0 Å². The average Bonchev–Trinajstić information content (AvgIpc) is 3.02. The molecule has 0 atom stereocenters. The second-order valence-electron chi connectivity index (χ2n) is 4.96. The van der Waals surface area contributed by atoms with E-state index in [2.05, 4.69) is 10.3 Å². The zero-order valence-electron chi connectivity index (χ0n) is 13.3. The maximum Gasteiger partial charge on any atom is 0.341 e. The van der Waals surface area contributed by atoms with Crippen molar-refractivity contribution < 1.29 is 19.2 Å². The number of fused-ring (bicyclic) bond motifs is 1. The van der Waals surface area contributed by atoms with Gasteiger partial charge in [0.05, 0.1) is 29.4 Å². The molecule has 25 heavy (non-hydrogen) atoms. The Hall–Kier alpha value is -3.20. The van der Waals surface area contributed by atoms with Crippen molar-refractivity contribution in [3.63, 3.8) is 0 Å². The van der Waals surface area contributed by atoms with Crippen LogP contribution in [0.25, 0.3) is 10.2 Å². The van der Waals surface area contributed by atoms with Crippen LogP contribution in [0.4, 0.5) is 16.5 Å². The van der Waals surface area contributed by atoms with Gasteiger partial charge >= 0.3 is 5.97 Å². The highest BCUT2D eigenvalue weighted by molar-refractivity contribution is 7.22. The Bertz CT molecular complexity index is 970. The van der Waals surface area contributed by atoms with Crippen molar-refractivity contribution in [1.29, 1.82) is 0 Å². The summed E-state index contributed by atoms with van der Waals surface area (Å²) >= 11 is 1.29. The van der Waals surface area contributed by atoms with Gasteiger partial charge in [0.1, 0.15) is 11.3 Å². The van der Waals surface area contributed by atoms with Crippen LogP contribution in [0.15, 0.2) is 36.4 Å². The van der Waals surface area contributed by atoms with Gasteiger partial charge in [0.2, 0.25) is 0 Å². The van der Waals surface area contributed by atoms with E-state index in [0.29, 0.717) is 32.3 Å². The second kappa shape index (κ2) is 6.73. The Labute approximate surface area is 146 Å². The molecule has 2 aromatic carbocycles. The summed E-state index contributed by atoms with van der Waals surface area (Å²) in [5.74, 6) is -0.121. The molecule has 9 heteroatoms. The van der Waals surface area contributed by atoms with Gasteiger partial charge in [0.15, 0.2) is 5.13 Å². The van der Waals surface area contributed by atoms with Gasteiger partial charge in [-0.25, -0.2) is 9.78 Å². The molecule has 0 saturated heterocycles. The Morgan fingerprint density at radius 2 is 2.04 bits per heavy atom. The summed E-state index contributed by atoms with van der Waals surface area (Å²) < 4.78 is 10.6. The zero-order valence-corrected chi connectivity index (χ0v) is 14.1. The van der Waals surface area contributed by atoms with Crippen LogP contribution in [-0.4, -0.2) is 30.1 Å². The topological polar surface area (TPSA) is 104 Å². The quantitative estimate of drug-likeness (QED) is 0.420. The number of carbonyl (C=O) groups is 1. The van der Waals surface area contributed by atoms with Gasteiger partial charge in [-0.2, -0.15) is 0 Å². The maximum absolute atomic E-state index is 11.7. The first-order valence-electron chi connectivity index (χ1n) is 7.10. The lowest BCUT2D eigenvalue weighted by molar-refractivity contribution is -0.384. The van der Waals surface area contributed by atoms with Crippen molar-refractivity contribution in [2.75, 3.05) is 19.5 Å². The predicted molar refractivity (Wildman–Crippen MR) is 93.9 cm³/mol. The van der Waals surface area contributed by atoms with Crippen molar-refractivity contribution in [2.24, 2.45) is 0 Å². The number of carbonyl (C=O) groups excluding carboxylic acids is 1. The first kappa shape index (κ1) is 16.7. The van der Waals surface area contributed by atoms with Crippen molar-refractivity contribution in [1.82, 2.24) is 4.98 Å². The number of esters is 1. The van der Waals surface area contributed by atoms with Crippen LogP contribution in [0, 0.1) is 10.1 Å². The second-order valence-corrected chi connectivity index (χ2v) is 5.99. The maximum atomic E-state index is 11.7. The Balaban J connectivity index is 1.90. The fourth-order valence-electron chi connectivity index (χ4n) is 2.25. The molecular weight excluding hydrogens is 346 g/mol. The molecule has 0 unspecified atom stereocenters. The molecule has 0 fully saturated rings. The molecule has 128 valence electrons. The molecule has 0 spiro atoms. The van der Waals surface area contributed by atoms with Gasteiger partial charge in [-0.1, -0.05) is 11.3 Å². The van der Waals surface area contributed by atoms with Gasteiger partial charge in [0, 0.05) is 23.9 Å². The molecular formula is C16H13N3O5S. The summed E-state index contributed by atoms with van der Waals surface area (Å²) in [7, 11) is 2.76. The van der Waals surface area contributed by atoms with E-state index in [-0.39, 0.29) is 5.69 Å². The van der Waals surface area contributed by atoms with Crippen molar-refractivity contribution in [2.45, 2.75) is 0 Å². The third-order valence-electron chi connectivity index (χ3n) is 3.44. The number of non-ortho nitro benzene ring substituents is 1. The minimum absolute atomic E-state index is 0.0202. The van der Waals surface area contributed by atoms with E-state index in [1.807, 2.05) is 0 Å². The summed E-state index contributed by atoms with van der Waals surface area (Å²) in [6, 6.07) is 9.45. The van der Waals surface area contributed by atoms with Crippen LogP contribution < -0.4 is 10.1 Å². The number of hydrogen-bond donors (Lipinski definition) is 1. The molecule has 8 nitrogen and oxygen atoms in total. The number of hydrogen-bond acceptors (Lipinski definition) is 8. The van der Waals surface area contributed by atoms with E-state index in [0.717, 1.165) is 0 Å². The largest absolute Gasteiger partial charge is 0.496 e. The van der Waals surface area contributed by atoms with Crippen LogP contribution >= 0.6 is 11.3 Å². The fraction of sp³-hybridized carbons (Fsp3) is 0.125. The molecule has 3 rings (SSSR count). The number of thiazole rings is 1. The summed E-state index contributed by atoms with van der Waals surface area (Å²) in [6.07, 6.45) is 0. The van der Waals surface area contributed by atoms with Crippen LogP contribution in [0.1, 0.15) is 10.4 Å². The highest BCUT2D eigenvalue weighted by Crippen LogP contribution is 2.32. The summed E-state index contributed by atoms with van der Waals surface area (Å²) in [6.45, 7) is 0. The first-order chi connectivity index (χ1) is 12.0. The predicted octanol–water partition coefficient (Wildman–Crippen LogP) is 3.74. The lowest BCUT2D eigenvalue weighted by atomic mass is 10.2. The number of methoxy groups -OCH3 is 2. The summed E-state index contributed by atoms with van der Waals surface area (Å²) in [4.78, 5) is 26.5. The molecule has 0 bridgehead atoms. The van der Waals surface area contributed by atoms with Gasteiger partial charge in [-0.15, -0.1) is 0 Å². The third-order valence-corrected chi connectivity index (χ3v) is 4.37. The molecule has 1 heterocycles. The number of ether oxygens (including phenoxy) is 2. The van der Waals surface area contributed by atoms with E-state index in [9.17, 15) is 14.9 Å². The number of benzene rings is 2. The average molecular weight is 359 g/mol. The lowest BCUT2D eigenvalue weighted by Crippen LogP contribution is -2.04. The SMILES string of the molecule is COC(=O)c1ccc(Nc2nc3ccc([N+](=O)[O-])cc3s2)cc1OC.